The van der Waals surface area contributed by atoms with Crippen LogP contribution < -0.4 is 4.74 Å². The number of aromatic carboxylic acids is 1. The van der Waals surface area contributed by atoms with Gasteiger partial charge in [0.15, 0.2) is 0 Å². The van der Waals surface area contributed by atoms with Crippen LogP contribution in [0.1, 0.15) is 17.4 Å². The van der Waals surface area contributed by atoms with E-state index >= 15 is 0 Å². The fraction of sp³-hybridized carbons (Fsp3) is 0.200. The van der Waals surface area contributed by atoms with Gasteiger partial charge in [-0.3, -0.25) is 0 Å². The number of hydrogen-bond acceptors (Lipinski definition) is 5. The summed E-state index contributed by atoms with van der Waals surface area (Å²) >= 11 is 1.48. The maximum atomic E-state index is 10.9. The number of carbonyl (C=O) groups is 1. The number of hydrogen-bond donors (Lipinski definition) is 1. The van der Waals surface area contributed by atoms with E-state index in [0.717, 1.165) is 5.56 Å². The lowest BCUT2D eigenvalue weighted by atomic mass is 10.3. The molecule has 2 heterocycles. The summed E-state index contributed by atoms with van der Waals surface area (Å²) in [4.78, 5) is 14.8. The molecule has 16 heavy (non-hydrogen) atoms. The summed E-state index contributed by atoms with van der Waals surface area (Å²) in [5.41, 5.74) is 0.557. The van der Waals surface area contributed by atoms with Crippen molar-refractivity contribution in [2.75, 3.05) is 6.61 Å². The molecule has 2 rings (SSSR count). The van der Waals surface area contributed by atoms with Crippen LogP contribution >= 0.6 is 11.3 Å². The maximum Gasteiger partial charge on any atom is 0.362 e. The van der Waals surface area contributed by atoms with E-state index in [0.29, 0.717) is 6.61 Å². The summed E-state index contributed by atoms with van der Waals surface area (Å²) in [6.07, 6.45) is 0. The second-order valence-electron chi connectivity index (χ2n) is 2.91. The molecule has 0 unspecified atom stereocenters. The zero-order valence-corrected chi connectivity index (χ0v) is 9.28. The molecule has 1 N–H and O–H groups in total. The summed E-state index contributed by atoms with van der Waals surface area (Å²) in [7, 11) is 0. The second-order valence-corrected chi connectivity index (χ2v) is 3.69. The Morgan fingerprint density at radius 3 is 3.06 bits per heavy atom. The Balaban J connectivity index is 2.42. The summed E-state index contributed by atoms with van der Waals surface area (Å²) < 4.78 is 10.3. The Labute approximate surface area is 95.3 Å². The third kappa shape index (κ3) is 1.92. The first-order valence-electron chi connectivity index (χ1n) is 4.62. The van der Waals surface area contributed by atoms with Gasteiger partial charge in [0.2, 0.25) is 11.6 Å². The first-order valence-corrected chi connectivity index (χ1v) is 5.56. The number of rotatable bonds is 4. The minimum atomic E-state index is -1.16. The monoisotopic (exact) mass is 239 g/mol. The number of carboxylic acids is 1. The fourth-order valence-corrected chi connectivity index (χ4v) is 1.81. The fourth-order valence-electron chi connectivity index (χ4n) is 1.18. The standard InChI is InChI=1S/C10H9NO4S/c1-2-14-10-7(9(12)13)11-8(15-10)6-3-4-16-5-6/h3-5H,2H2,1H3,(H,12,13). The molecular weight excluding hydrogens is 230 g/mol. The summed E-state index contributed by atoms with van der Waals surface area (Å²) in [5, 5.41) is 12.6. The smallest absolute Gasteiger partial charge is 0.362 e. The van der Waals surface area contributed by atoms with Gasteiger partial charge in [0, 0.05) is 10.9 Å². The molecular formula is C10H9NO4S. The number of thiophene rings is 1. The SMILES string of the molecule is CCOc1oc(-c2ccsc2)nc1C(=O)O. The second kappa shape index (κ2) is 4.36. The molecule has 2 aromatic heterocycles. The van der Waals surface area contributed by atoms with Gasteiger partial charge in [0.25, 0.3) is 0 Å². The Morgan fingerprint density at radius 1 is 1.69 bits per heavy atom. The van der Waals surface area contributed by atoms with E-state index in [9.17, 15) is 4.79 Å². The van der Waals surface area contributed by atoms with E-state index in [1.165, 1.54) is 11.3 Å². The van der Waals surface area contributed by atoms with Crippen molar-refractivity contribution < 1.29 is 19.1 Å². The van der Waals surface area contributed by atoms with Crippen LogP contribution in [0.25, 0.3) is 11.5 Å². The van der Waals surface area contributed by atoms with Crippen LogP contribution in [0.4, 0.5) is 0 Å². The van der Waals surface area contributed by atoms with Crippen LogP contribution in [0.2, 0.25) is 0 Å². The molecule has 2 aromatic rings. The molecule has 0 aliphatic heterocycles. The van der Waals surface area contributed by atoms with E-state index in [1.807, 2.05) is 10.8 Å². The molecule has 0 saturated carbocycles. The van der Waals surface area contributed by atoms with Crippen LogP contribution in [-0.2, 0) is 0 Å². The molecule has 84 valence electrons. The minimum Gasteiger partial charge on any atom is -0.476 e. The van der Waals surface area contributed by atoms with Crippen molar-refractivity contribution >= 4 is 17.3 Å². The lowest BCUT2D eigenvalue weighted by molar-refractivity contribution is 0.0683. The van der Waals surface area contributed by atoms with Crippen LogP contribution in [-0.4, -0.2) is 22.7 Å². The number of aromatic nitrogens is 1. The van der Waals surface area contributed by atoms with Crippen LogP contribution in [0, 0.1) is 0 Å². The molecule has 0 saturated heterocycles. The molecule has 0 amide bonds. The molecule has 0 radical (unpaired) electrons. The van der Waals surface area contributed by atoms with Crippen LogP contribution in [0.5, 0.6) is 5.95 Å². The van der Waals surface area contributed by atoms with Crippen LogP contribution in [0.15, 0.2) is 21.2 Å². The molecule has 5 nitrogen and oxygen atoms in total. The van der Waals surface area contributed by atoms with Gasteiger partial charge >= 0.3 is 11.9 Å². The normalized spacial score (nSPS) is 10.3. The Bertz CT molecular complexity index is 489. The van der Waals surface area contributed by atoms with Crippen LogP contribution in [0.3, 0.4) is 0 Å². The highest BCUT2D eigenvalue weighted by Crippen LogP contribution is 2.28. The summed E-state index contributed by atoms with van der Waals surface area (Å²) in [6, 6.07) is 1.80. The third-order valence-electron chi connectivity index (χ3n) is 1.84. The van der Waals surface area contributed by atoms with Gasteiger partial charge < -0.3 is 14.3 Å². The Morgan fingerprint density at radius 2 is 2.50 bits per heavy atom. The first-order chi connectivity index (χ1) is 7.72. The number of oxazole rings is 1. The van der Waals surface area contributed by atoms with E-state index in [-0.39, 0.29) is 17.5 Å². The van der Waals surface area contributed by atoms with E-state index in [4.69, 9.17) is 14.3 Å². The van der Waals surface area contributed by atoms with Crippen molar-refractivity contribution in [1.82, 2.24) is 4.98 Å². The lowest BCUT2D eigenvalue weighted by Crippen LogP contribution is -2.01. The minimum absolute atomic E-state index is 0.0452. The zero-order chi connectivity index (χ0) is 11.5. The average Bonchev–Trinajstić information content (AvgIpc) is 2.83. The Kier molecular flexibility index (Phi) is 2.91. The molecule has 6 heteroatoms. The molecule has 0 atom stereocenters. The van der Waals surface area contributed by atoms with E-state index in [2.05, 4.69) is 4.98 Å². The maximum absolute atomic E-state index is 10.9. The van der Waals surface area contributed by atoms with Crippen molar-refractivity contribution in [2.24, 2.45) is 0 Å². The quantitative estimate of drug-likeness (QED) is 0.887. The Hall–Kier alpha value is -1.82. The molecule has 0 bridgehead atoms. The first kappa shape index (κ1) is 10.7. The third-order valence-corrected chi connectivity index (χ3v) is 2.53. The van der Waals surface area contributed by atoms with Crippen molar-refractivity contribution in [3.05, 3.63) is 22.5 Å². The largest absolute Gasteiger partial charge is 0.476 e. The van der Waals surface area contributed by atoms with Gasteiger partial charge in [-0.2, -0.15) is 16.3 Å². The highest BCUT2D eigenvalue weighted by Gasteiger charge is 2.21. The van der Waals surface area contributed by atoms with Crippen molar-refractivity contribution in [3.63, 3.8) is 0 Å². The molecule has 0 aliphatic carbocycles. The highest BCUT2D eigenvalue weighted by molar-refractivity contribution is 7.08. The van der Waals surface area contributed by atoms with E-state index in [1.54, 1.807) is 13.0 Å². The highest BCUT2D eigenvalue weighted by atomic mass is 32.1. The van der Waals surface area contributed by atoms with Gasteiger partial charge in [-0.15, -0.1) is 0 Å². The average molecular weight is 239 g/mol. The van der Waals surface area contributed by atoms with Crippen molar-refractivity contribution in [3.8, 4) is 17.4 Å². The van der Waals surface area contributed by atoms with Gasteiger partial charge in [-0.05, 0) is 18.4 Å². The summed E-state index contributed by atoms with van der Waals surface area (Å²) in [5.74, 6) is -0.938. The van der Waals surface area contributed by atoms with E-state index < -0.39 is 5.97 Å². The van der Waals surface area contributed by atoms with Gasteiger partial charge in [-0.1, -0.05) is 0 Å². The number of nitrogens with zero attached hydrogens (tertiary/aromatic N) is 1. The molecule has 0 spiro atoms. The van der Waals surface area contributed by atoms with Gasteiger partial charge in [0.1, 0.15) is 0 Å². The molecule has 0 fully saturated rings. The summed E-state index contributed by atoms with van der Waals surface area (Å²) in [6.45, 7) is 2.08. The van der Waals surface area contributed by atoms with Gasteiger partial charge in [-0.25, -0.2) is 4.79 Å². The zero-order valence-electron chi connectivity index (χ0n) is 8.47. The van der Waals surface area contributed by atoms with Crippen molar-refractivity contribution in [2.45, 2.75) is 6.92 Å². The number of carboxylic acid groups (broad SMARTS) is 1. The topological polar surface area (TPSA) is 72.6 Å². The number of ether oxygens (including phenoxy) is 1. The predicted octanol–water partition coefficient (Wildman–Crippen LogP) is 2.50. The predicted molar refractivity (Wildman–Crippen MR) is 57.9 cm³/mol. The molecule has 0 aliphatic rings. The molecule has 0 aromatic carbocycles. The van der Waals surface area contributed by atoms with Gasteiger partial charge in [0.05, 0.1) is 6.61 Å². The lowest BCUT2D eigenvalue weighted by Gasteiger charge is -1.96. The van der Waals surface area contributed by atoms with Crippen molar-refractivity contribution in [1.29, 1.82) is 0 Å².